The maximum absolute atomic E-state index is 14.0. The van der Waals surface area contributed by atoms with Gasteiger partial charge in [0.2, 0.25) is 11.8 Å². The molecule has 1 fully saturated rings. The minimum Gasteiger partial charge on any atom is -0.507 e. The number of anilines is 1. The van der Waals surface area contributed by atoms with E-state index in [1.54, 1.807) is 92.4 Å². The van der Waals surface area contributed by atoms with Crippen LogP contribution in [0.4, 0.5) is 10.5 Å². The lowest BCUT2D eigenvalue weighted by atomic mass is 9.98. The molecule has 0 bridgehead atoms. The second kappa shape index (κ2) is 15.1. The molecule has 49 heavy (non-hydrogen) atoms. The van der Waals surface area contributed by atoms with Crippen LogP contribution in [-0.2, 0) is 27.8 Å². The summed E-state index contributed by atoms with van der Waals surface area (Å²) in [6, 6.07) is 14.5. The van der Waals surface area contributed by atoms with Crippen molar-refractivity contribution in [3.63, 3.8) is 0 Å². The summed E-state index contributed by atoms with van der Waals surface area (Å²) in [5.41, 5.74) is 4.20. The maximum atomic E-state index is 14.0. The standard InChI is InChI=1S/C38H42N6O5/c1-25-11-18-33(45)30(21-25)34-28(24-43(5)42-34)15-12-26-13-16-29(17-14-26)40-35(46)32-10-6-7-20-44(32)36(47)31(22-27-9-8-19-39-23-27)41-37(48)49-38(2,3)4/h8-9,11,13-14,16-19,21,23-24,31-32,45H,6-7,10,20,22H2,1-5H3,(H,40,46)(H,41,48)/t31-,32?/m0/s1. The lowest BCUT2D eigenvalue weighted by Crippen LogP contribution is -2.57. The summed E-state index contributed by atoms with van der Waals surface area (Å²) in [4.78, 5) is 46.0. The van der Waals surface area contributed by atoms with Crippen LogP contribution in [0.3, 0.4) is 0 Å². The molecular weight excluding hydrogens is 620 g/mol. The number of aryl methyl sites for hydroxylation is 2. The number of nitrogens with one attached hydrogen (secondary N) is 2. The van der Waals surface area contributed by atoms with E-state index in [2.05, 4.69) is 32.6 Å². The number of amides is 3. The molecule has 11 heteroatoms. The number of ether oxygens (including phenoxy) is 1. The topological polar surface area (TPSA) is 139 Å². The Morgan fingerprint density at radius 1 is 1.08 bits per heavy atom. The third-order valence-electron chi connectivity index (χ3n) is 7.97. The van der Waals surface area contributed by atoms with Crippen molar-refractivity contribution in [3.05, 3.63) is 95.4 Å². The van der Waals surface area contributed by atoms with Crippen molar-refractivity contribution in [1.29, 1.82) is 0 Å². The fourth-order valence-electron chi connectivity index (χ4n) is 5.69. The fourth-order valence-corrected chi connectivity index (χ4v) is 5.69. The summed E-state index contributed by atoms with van der Waals surface area (Å²) >= 11 is 0. The van der Waals surface area contributed by atoms with Crippen LogP contribution >= 0.6 is 0 Å². The Bertz CT molecular complexity index is 1870. The molecule has 3 N–H and O–H groups in total. The molecule has 0 saturated carbocycles. The predicted molar refractivity (Wildman–Crippen MR) is 187 cm³/mol. The number of nitrogens with zero attached hydrogens (tertiary/aromatic N) is 4. The minimum atomic E-state index is -0.944. The van der Waals surface area contributed by atoms with Crippen LogP contribution < -0.4 is 10.6 Å². The lowest BCUT2D eigenvalue weighted by Gasteiger charge is -2.37. The van der Waals surface area contributed by atoms with Crippen molar-refractivity contribution < 1.29 is 24.2 Å². The first-order valence-corrected chi connectivity index (χ1v) is 16.3. The van der Waals surface area contributed by atoms with Crippen molar-refractivity contribution in [2.45, 2.75) is 71.1 Å². The number of aromatic nitrogens is 3. The van der Waals surface area contributed by atoms with Crippen molar-refractivity contribution in [2.24, 2.45) is 7.05 Å². The van der Waals surface area contributed by atoms with E-state index in [1.807, 2.05) is 25.1 Å². The summed E-state index contributed by atoms with van der Waals surface area (Å²) in [5.74, 6) is 5.78. The summed E-state index contributed by atoms with van der Waals surface area (Å²) in [7, 11) is 1.80. The second-order valence-electron chi connectivity index (χ2n) is 13.2. The SMILES string of the molecule is Cc1ccc(O)c(-c2nn(C)cc2C#Cc2ccc(NC(=O)C3CCCCN3C(=O)[C@H](Cc3cccnc3)NC(=O)OC(C)(C)C)cc2)c1. The first-order valence-electron chi connectivity index (χ1n) is 16.3. The van der Waals surface area contributed by atoms with E-state index in [4.69, 9.17) is 4.74 Å². The number of carbonyl (C=O) groups excluding carboxylic acids is 3. The van der Waals surface area contributed by atoms with Crippen LogP contribution in [0.1, 0.15) is 62.3 Å². The van der Waals surface area contributed by atoms with Gasteiger partial charge in [-0.1, -0.05) is 29.5 Å². The zero-order chi connectivity index (χ0) is 35.1. The van der Waals surface area contributed by atoms with Gasteiger partial charge in [-0.25, -0.2) is 4.79 Å². The maximum Gasteiger partial charge on any atom is 0.408 e. The summed E-state index contributed by atoms with van der Waals surface area (Å²) in [6.45, 7) is 7.60. The molecule has 1 unspecified atom stereocenters. The zero-order valence-corrected chi connectivity index (χ0v) is 28.5. The normalized spacial score (nSPS) is 15.0. The molecule has 2 aromatic carbocycles. The van der Waals surface area contributed by atoms with E-state index in [-0.39, 0.29) is 24.0 Å². The molecule has 0 spiro atoms. The Hall–Kier alpha value is -5.63. The van der Waals surface area contributed by atoms with E-state index in [0.717, 1.165) is 29.5 Å². The highest BCUT2D eigenvalue weighted by Gasteiger charge is 2.37. The van der Waals surface area contributed by atoms with Gasteiger partial charge in [0.1, 0.15) is 29.1 Å². The highest BCUT2D eigenvalue weighted by molar-refractivity contribution is 5.98. The van der Waals surface area contributed by atoms with Gasteiger partial charge in [0.15, 0.2) is 0 Å². The van der Waals surface area contributed by atoms with Gasteiger partial charge in [-0.3, -0.25) is 19.3 Å². The minimum absolute atomic E-state index is 0.133. The number of carbonyl (C=O) groups is 3. The van der Waals surface area contributed by atoms with Gasteiger partial charge in [0.25, 0.3) is 0 Å². The van der Waals surface area contributed by atoms with Crippen LogP contribution in [0.15, 0.2) is 73.2 Å². The number of likely N-dealkylation sites (tertiary alicyclic amines) is 1. The van der Waals surface area contributed by atoms with Crippen LogP contribution in [0, 0.1) is 18.8 Å². The number of phenolic OH excluding ortho intramolecular Hbond substituents is 1. The fraction of sp³-hybridized carbons (Fsp3) is 0.342. The Labute approximate surface area is 286 Å². The number of aromatic hydroxyl groups is 1. The Morgan fingerprint density at radius 2 is 1.86 bits per heavy atom. The van der Waals surface area contributed by atoms with E-state index in [1.165, 1.54) is 0 Å². The summed E-state index contributed by atoms with van der Waals surface area (Å²) in [5, 5.41) is 20.6. The quantitative estimate of drug-likeness (QED) is 0.227. The van der Waals surface area contributed by atoms with Crippen LogP contribution in [-0.4, -0.2) is 66.9 Å². The molecule has 2 atom stereocenters. The number of pyridine rings is 1. The molecule has 254 valence electrons. The molecule has 11 nitrogen and oxygen atoms in total. The summed E-state index contributed by atoms with van der Waals surface area (Å²) < 4.78 is 7.11. The Morgan fingerprint density at radius 3 is 2.57 bits per heavy atom. The van der Waals surface area contributed by atoms with Gasteiger partial charge in [0.05, 0.1) is 5.56 Å². The van der Waals surface area contributed by atoms with Crippen molar-refractivity contribution >= 4 is 23.6 Å². The third kappa shape index (κ3) is 9.26. The molecule has 5 rings (SSSR count). The molecule has 0 radical (unpaired) electrons. The lowest BCUT2D eigenvalue weighted by molar-refractivity contribution is -0.142. The van der Waals surface area contributed by atoms with Crippen LogP contribution in [0.2, 0.25) is 0 Å². The van der Waals surface area contributed by atoms with Gasteiger partial charge in [-0.2, -0.15) is 5.10 Å². The van der Waals surface area contributed by atoms with Gasteiger partial charge in [-0.15, -0.1) is 0 Å². The molecule has 1 saturated heterocycles. The summed E-state index contributed by atoms with van der Waals surface area (Å²) in [6.07, 6.45) is 6.63. The number of benzene rings is 2. The number of hydrogen-bond donors (Lipinski definition) is 3. The second-order valence-corrected chi connectivity index (χ2v) is 13.2. The number of piperidine rings is 1. The smallest absolute Gasteiger partial charge is 0.408 e. The van der Waals surface area contributed by atoms with Gasteiger partial charge in [0, 0.05) is 55.4 Å². The molecule has 0 aliphatic carbocycles. The van der Waals surface area contributed by atoms with Gasteiger partial charge >= 0.3 is 6.09 Å². The van der Waals surface area contributed by atoms with Crippen LogP contribution in [0.25, 0.3) is 11.3 Å². The van der Waals surface area contributed by atoms with E-state index >= 15 is 0 Å². The van der Waals surface area contributed by atoms with Crippen molar-refractivity contribution in [2.75, 3.05) is 11.9 Å². The zero-order valence-electron chi connectivity index (χ0n) is 28.5. The molecule has 1 aliphatic heterocycles. The number of phenols is 1. The third-order valence-corrected chi connectivity index (χ3v) is 7.97. The average Bonchev–Trinajstić information content (AvgIpc) is 3.44. The predicted octanol–water partition coefficient (Wildman–Crippen LogP) is 5.35. The number of rotatable bonds is 7. The van der Waals surface area contributed by atoms with E-state index in [0.29, 0.717) is 35.5 Å². The van der Waals surface area contributed by atoms with Gasteiger partial charge < -0.3 is 25.4 Å². The Kier molecular flexibility index (Phi) is 10.7. The van der Waals surface area contributed by atoms with Gasteiger partial charge in [-0.05, 0) is 95.0 Å². The molecule has 3 amide bonds. The number of hydrogen-bond acceptors (Lipinski definition) is 7. The first kappa shape index (κ1) is 34.7. The largest absolute Gasteiger partial charge is 0.507 e. The van der Waals surface area contributed by atoms with Crippen molar-refractivity contribution in [1.82, 2.24) is 25.0 Å². The number of alkyl carbamates (subject to hydrolysis) is 1. The molecule has 3 heterocycles. The molecule has 4 aromatic rings. The Balaban J connectivity index is 1.29. The van der Waals surface area contributed by atoms with E-state index < -0.39 is 23.8 Å². The highest BCUT2D eigenvalue weighted by Crippen LogP contribution is 2.31. The molecular formula is C38H42N6O5. The molecule has 2 aromatic heterocycles. The molecule has 1 aliphatic rings. The average molecular weight is 663 g/mol. The van der Waals surface area contributed by atoms with E-state index in [9.17, 15) is 19.5 Å². The monoisotopic (exact) mass is 662 g/mol. The first-order chi connectivity index (χ1) is 23.4. The van der Waals surface area contributed by atoms with Crippen LogP contribution in [0.5, 0.6) is 5.75 Å². The highest BCUT2D eigenvalue weighted by atomic mass is 16.6. The van der Waals surface area contributed by atoms with Crippen molar-refractivity contribution in [3.8, 4) is 28.8 Å².